The van der Waals surface area contributed by atoms with Crippen molar-refractivity contribution in [1.29, 1.82) is 0 Å². The maximum atomic E-state index is 12.3. The second-order valence-corrected chi connectivity index (χ2v) is 7.58. The molecule has 3 aromatic carbocycles. The number of sulfonamides is 1. The van der Waals surface area contributed by atoms with Gasteiger partial charge < -0.3 is 5.32 Å². The van der Waals surface area contributed by atoms with Crippen molar-refractivity contribution in [3.8, 4) is 0 Å². The fourth-order valence-electron chi connectivity index (χ4n) is 2.24. The number of carbonyl (C=O) groups is 1. The SMILES string of the molecule is O=C(Nc1ccccc1)c1ccc(NS(=O)(=O)c2ccc(Cl)cc2)cc1. The molecule has 1 amide bonds. The number of anilines is 2. The van der Waals surface area contributed by atoms with Crippen LogP contribution in [0.4, 0.5) is 11.4 Å². The monoisotopic (exact) mass is 386 g/mol. The molecule has 5 nitrogen and oxygen atoms in total. The highest BCUT2D eigenvalue weighted by atomic mass is 35.5. The van der Waals surface area contributed by atoms with Gasteiger partial charge in [0.15, 0.2) is 0 Å². The quantitative estimate of drug-likeness (QED) is 0.682. The standard InChI is InChI=1S/C19H15ClN2O3S/c20-15-8-12-18(13-9-15)26(24,25)22-17-10-6-14(7-11-17)19(23)21-16-4-2-1-3-5-16/h1-13,22H,(H,21,23). The number of para-hydroxylation sites is 1. The Morgan fingerprint density at radius 1 is 0.769 bits per heavy atom. The maximum absolute atomic E-state index is 12.3. The van der Waals surface area contributed by atoms with Crippen LogP contribution in [-0.2, 0) is 10.0 Å². The molecule has 0 fully saturated rings. The Balaban J connectivity index is 1.71. The lowest BCUT2D eigenvalue weighted by Gasteiger charge is -2.09. The third-order valence-corrected chi connectivity index (χ3v) is 5.20. The van der Waals surface area contributed by atoms with E-state index >= 15 is 0 Å². The molecule has 0 saturated heterocycles. The second kappa shape index (κ2) is 7.59. The predicted molar refractivity (Wildman–Crippen MR) is 103 cm³/mol. The summed E-state index contributed by atoms with van der Waals surface area (Å²) in [5.41, 5.74) is 1.46. The molecule has 0 aromatic heterocycles. The van der Waals surface area contributed by atoms with Crippen LogP contribution < -0.4 is 10.0 Å². The van der Waals surface area contributed by atoms with Crippen LogP contribution in [0.3, 0.4) is 0 Å². The Labute approximate surface area is 156 Å². The van der Waals surface area contributed by atoms with E-state index in [4.69, 9.17) is 11.6 Å². The lowest BCUT2D eigenvalue weighted by Crippen LogP contribution is -2.14. The first kappa shape index (κ1) is 18.0. The molecule has 3 rings (SSSR count). The molecule has 0 aliphatic rings. The molecule has 0 aliphatic carbocycles. The van der Waals surface area contributed by atoms with Crippen LogP contribution in [0.1, 0.15) is 10.4 Å². The first-order chi connectivity index (χ1) is 12.4. The number of hydrogen-bond donors (Lipinski definition) is 2. The van der Waals surface area contributed by atoms with Crippen molar-refractivity contribution in [1.82, 2.24) is 0 Å². The topological polar surface area (TPSA) is 75.3 Å². The van der Waals surface area contributed by atoms with Gasteiger partial charge >= 0.3 is 0 Å². The fourth-order valence-corrected chi connectivity index (χ4v) is 3.43. The van der Waals surface area contributed by atoms with E-state index in [2.05, 4.69) is 10.0 Å². The summed E-state index contributed by atoms with van der Waals surface area (Å²) < 4.78 is 27.1. The van der Waals surface area contributed by atoms with Crippen LogP contribution in [0.2, 0.25) is 5.02 Å². The Kier molecular flexibility index (Phi) is 5.25. The molecule has 3 aromatic rings. The van der Waals surface area contributed by atoms with Gasteiger partial charge in [0.1, 0.15) is 0 Å². The van der Waals surface area contributed by atoms with Gasteiger partial charge in [-0.25, -0.2) is 8.42 Å². The van der Waals surface area contributed by atoms with E-state index in [0.717, 1.165) is 0 Å². The average Bonchev–Trinajstić information content (AvgIpc) is 2.63. The molecule has 0 bridgehead atoms. The highest BCUT2D eigenvalue weighted by Crippen LogP contribution is 2.19. The number of rotatable bonds is 5. The molecule has 7 heteroatoms. The molecule has 0 saturated carbocycles. The maximum Gasteiger partial charge on any atom is 0.261 e. The minimum Gasteiger partial charge on any atom is -0.322 e. The summed E-state index contributed by atoms with van der Waals surface area (Å²) in [7, 11) is -3.72. The van der Waals surface area contributed by atoms with Crippen molar-refractivity contribution >= 4 is 38.9 Å². The minimum absolute atomic E-state index is 0.104. The smallest absolute Gasteiger partial charge is 0.261 e. The molecular formula is C19H15ClN2O3S. The summed E-state index contributed by atoms with van der Waals surface area (Å²) in [5, 5.41) is 3.22. The Morgan fingerprint density at radius 3 is 2.00 bits per heavy atom. The van der Waals surface area contributed by atoms with Crippen molar-refractivity contribution in [2.24, 2.45) is 0 Å². The molecule has 0 unspecified atom stereocenters. The van der Waals surface area contributed by atoms with Crippen molar-refractivity contribution in [3.05, 3.63) is 89.4 Å². The van der Waals surface area contributed by atoms with Crippen molar-refractivity contribution < 1.29 is 13.2 Å². The van der Waals surface area contributed by atoms with Gasteiger partial charge in [0.05, 0.1) is 4.90 Å². The summed E-state index contributed by atoms with van der Waals surface area (Å²) in [4.78, 5) is 12.3. The van der Waals surface area contributed by atoms with E-state index in [-0.39, 0.29) is 10.8 Å². The van der Waals surface area contributed by atoms with E-state index < -0.39 is 10.0 Å². The van der Waals surface area contributed by atoms with Gasteiger partial charge in [-0.1, -0.05) is 29.8 Å². The largest absolute Gasteiger partial charge is 0.322 e. The zero-order chi connectivity index (χ0) is 18.6. The van der Waals surface area contributed by atoms with Crippen LogP contribution in [-0.4, -0.2) is 14.3 Å². The van der Waals surface area contributed by atoms with E-state index in [9.17, 15) is 13.2 Å². The lowest BCUT2D eigenvalue weighted by atomic mass is 10.2. The Hall–Kier alpha value is -2.83. The van der Waals surface area contributed by atoms with Gasteiger partial charge in [-0.2, -0.15) is 0 Å². The number of halogens is 1. The van der Waals surface area contributed by atoms with E-state index in [1.807, 2.05) is 18.2 Å². The van der Waals surface area contributed by atoms with Crippen LogP contribution in [0, 0.1) is 0 Å². The van der Waals surface area contributed by atoms with E-state index in [0.29, 0.717) is 22.0 Å². The van der Waals surface area contributed by atoms with E-state index in [1.54, 1.807) is 24.3 Å². The highest BCUT2D eigenvalue weighted by molar-refractivity contribution is 7.92. The second-order valence-electron chi connectivity index (χ2n) is 5.46. The molecule has 0 aliphatic heterocycles. The van der Waals surface area contributed by atoms with Crippen LogP contribution in [0.25, 0.3) is 0 Å². The fraction of sp³-hybridized carbons (Fsp3) is 0. The number of carbonyl (C=O) groups excluding carboxylic acids is 1. The van der Waals surface area contributed by atoms with Gasteiger partial charge in [-0.05, 0) is 60.7 Å². The van der Waals surface area contributed by atoms with Crippen LogP contribution >= 0.6 is 11.6 Å². The molecule has 0 atom stereocenters. The third-order valence-electron chi connectivity index (χ3n) is 3.55. The highest BCUT2D eigenvalue weighted by Gasteiger charge is 2.14. The third kappa shape index (κ3) is 4.41. The number of hydrogen-bond acceptors (Lipinski definition) is 3. The number of amides is 1. The van der Waals surface area contributed by atoms with Crippen molar-refractivity contribution in [2.75, 3.05) is 10.0 Å². The average molecular weight is 387 g/mol. The van der Waals surface area contributed by atoms with Gasteiger partial charge in [0.2, 0.25) is 0 Å². The molecule has 2 N–H and O–H groups in total. The van der Waals surface area contributed by atoms with Crippen LogP contribution in [0.5, 0.6) is 0 Å². The molecule has 0 heterocycles. The summed E-state index contributed by atoms with van der Waals surface area (Å²) in [6, 6.07) is 21.1. The first-order valence-electron chi connectivity index (χ1n) is 7.69. The van der Waals surface area contributed by atoms with Gasteiger partial charge in [0, 0.05) is 22.0 Å². The lowest BCUT2D eigenvalue weighted by molar-refractivity contribution is 0.102. The molecule has 0 spiro atoms. The normalized spacial score (nSPS) is 11.0. The zero-order valence-corrected chi connectivity index (χ0v) is 15.1. The van der Waals surface area contributed by atoms with Gasteiger partial charge in [0.25, 0.3) is 15.9 Å². The first-order valence-corrected chi connectivity index (χ1v) is 9.55. The van der Waals surface area contributed by atoms with Gasteiger partial charge in [-0.15, -0.1) is 0 Å². The Bertz CT molecular complexity index is 1000. The Morgan fingerprint density at radius 2 is 1.38 bits per heavy atom. The molecule has 0 radical (unpaired) electrons. The van der Waals surface area contributed by atoms with Crippen molar-refractivity contribution in [2.45, 2.75) is 4.90 Å². The zero-order valence-electron chi connectivity index (χ0n) is 13.5. The molecule has 132 valence electrons. The summed E-state index contributed by atoms with van der Waals surface area (Å²) >= 11 is 5.77. The van der Waals surface area contributed by atoms with Crippen molar-refractivity contribution in [3.63, 3.8) is 0 Å². The van der Waals surface area contributed by atoms with E-state index in [1.165, 1.54) is 36.4 Å². The molecular weight excluding hydrogens is 372 g/mol. The summed E-state index contributed by atoms with van der Waals surface area (Å²) in [5.74, 6) is -0.275. The predicted octanol–water partition coefficient (Wildman–Crippen LogP) is 4.39. The molecule has 26 heavy (non-hydrogen) atoms. The van der Waals surface area contributed by atoms with Crippen LogP contribution in [0.15, 0.2) is 83.8 Å². The number of benzene rings is 3. The van der Waals surface area contributed by atoms with Gasteiger partial charge in [-0.3, -0.25) is 9.52 Å². The minimum atomic E-state index is -3.72. The number of nitrogens with one attached hydrogen (secondary N) is 2. The summed E-state index contributed by atoms with van der Waals surface area (Å²) in [6.45, 7) is 0. The summed E-state index contributed by atoms with van der Waals surface area (Å²) in [6.07, 6.45) is 0.